The van der Waals surface area contributed by atoms with Crippen molar-refractivity contribution in [1.29, 1.82) is 0 Å². The molecule has 1 aliphatic rings. The fourth-order valence-electron chi connectivity index (χ4n) is 2.88. The predicted molar refractivity (Wildman–Crippen MR) is 84.4 cm³/mol. The molecule has 0 spiro atoms. The number of phenols is 1. The van der Waals surface area contributed by atoms with E-state index in [1.165, 1.54) is 17.2 Å². The van der Waals surface area contributed by atoms with Crippen LogP contribution >= 0.6 is 0 Å². The summed E-state index contributed by atoms with van der Waals surface area (Å²) in [5.41, 5.74) is 2.84. The first-order valence-corrected chi connectivity index (χ1v) is 7.51. The van der Waals surface area contributed by atoms with Crippen LogP contribution in [0.2, 0.25) is 0 Å². The molecular weight excluding hydrogens is 278 g/mol. The summed E-state index contributed by atoms with van der Waals surface area (Å²) in [6.45, 7) is 2.39. The predicted octanol–water partition coefficient (Wildman–Crippen LogP) is 2.69. The Bertz CT molecular complexity index is 671. The molecule has 1 amide bonds. The van der Waals surface area contributed by atoms with Gasteiger partial charge in [-0.15, -0.1) is 0 Å². The van der Waals surface area contributed by atoms with Gasteiger partial charge in [-0.1, -0.05) is 24.3 Å². The number of hydrogen-bond acceptors (Lipinski definition) is 3. The van der Waals surface area contributed by atoms with E-state index >= 15 is 0 Å². The summed E-state index contributed by atoms with van der Waals surface area (Å²) in [7, 11) is 0. The Morgan fingerprint density at radius 1 is 1.23 bits per heavy atom. The smallest absolute Gasteiger partial charge is 0.255 e. The van der Waals surface area contributed by atoms with Crippen LogP contribution in [-0.2, 0) is 12.8 Å². The number of fused-ring (bicyclic) bond motifs is 1. The standard InChI is InChI=1S/C18H19NO3/c1-2-22-15-7-8-16(17(20)11-15)18(21)19-14-9-12-5-3-4-6-13(12)10-14/h3-8,11,14,20H,2,9-10H2,1H3,(H,19,21). The minimum absolute atomic E-state index is 0.0565. The molecule has 0 saturated carbocycles. The van der Waals surface area contributed by atoms with Crippen LogP contribution in [0.4, 0.5) is 0 Å². The highest BCUT2D eigenvalue weighted by Gasteiger charge is 2.23. The summed E-state index contributed by atoms with van der Waals surface area (Å²) in [6.07, 6.45) is 1.67. The molecule has 22 heavy (non-hydrogen) atoms. The molecule has 0 heterocycles. The molecular formula is C18H19NO3. The van der Waals surface area contributed by atoms with E-state index in [-0.39, 0.29) is 23.3 Å². The van der Waals surface area contributed by atoms with Gasteiger partial charge in [0.1, 0.15) is 11.5 Å². The summed E-state index contributed by atoms with van der Waals surface area (Å²) in [4.78, 5) is 12.3. The Labute approximate surface area is 129 Å². The number of benzene rings is 2. The highest BCUT2D eigenvalue weighted by Crippen LogP contribution is 2.25. The SMILES string of the molecule is CCOc1ccc(C(=O)NC2Cc3ccccc3C2)c(O)c1. The summed E-state index contributed by atoms with van der Waals surface area (Å²) in [6, 6.07) is 13.1. The zero-order valence-electron chi connectivity index (χ0n) is 12.5. The van der Waals surface area contributed by atoms with Crippen LogP contribution in [0, 0.1) is 0 Å². The van der Waals surface area contributed by atoms with Crippen LogP contribution in [0.15, 0.2) is 42.5 Å². The van der Waals surface area contributed by atoms with E-state index in [1.54, 1.807) is 12.1 Å². The maximum absolute atomic E-state index is 12.3. The molecule has 2 N–H and O–H groups in total. The van der Waals surface area contributed by atoms with Gasteiger partial charge in [0.05, 0.1) is 12.2 Å². The van der Waals surface area contributed by atoms with Crippen LogP contribution in [0.5, 0.6) is 11.5 Å². The van der Waals surface area contributed by atoms with Gasteiger partial charge in [-0.3, -0.25) is 4.79 Å². The first kappa shape index (κ1) is 14.4. The Morgan fingerprint density at radius 2 is 1.91 bits per heavy atom. The molecule has 0 unspecified atom stereocenters. The molecule has 0 fully saturated rings. The van der Waals surface area contributed by atoms with Crippen molar-refractivity contribution in [3.05, 3.63) is 59.2 Å². The van der Waals surface area contributed by atoms with Gasteiger partial charge in [-0.05, 0) is 43.0 Å². The van der Waals surface area contributed by atoms with Gasteiger partial charge in [0.2, 0.25) is 0 Å². The first-order chi connectivity index (χ1) is 10.7. The Kier molecular flexibility index (Phi) is 4.00. The van der Waals surface area contributed by atoms with Crippen molar-refractivity contribution in [2.24, 2.45) is 0 Å². The van der Waals surface area contributed by atoms with Gasteiger partial charge >= 0.3 is 0 Å². The van der Waals surface area contributed by atoms with Crippen molar-refractivity contribution in [3.8, 4) is 11.5 Å². The molecule has 0 aliphatic heterocycles. The highest BCUT2D eigenvalue weighted by molar-refractivity contribution is 5.97. The van der Waals surface area contributed by atoms with Crippen molar-refractivity contribution in [2.45, 2.75) is 25.8 Å². The van der Waals surface area contributed by atoms with Crippen molar-refractivity contribution in [1.82, 2.24) is 5.32 Å². The van der Waals surface area contributed by atoms with Gasteiger partial charge < -0.3 is 15.2 Å². The highest BCUT2D eigenvalue weighted by atomic mass is 16.5. The third-order valence-electron chi connectivity index (χ3n) is 3.91. The summed E-state index contributed by atoms with van der Waals surface area (Å²) >= 11 is 0. The molecule has 114 valence electrons. The summed E-state index contributed by atoms with van der Waals surface area (Å²) < 4.78 is 5.31. The van der Waals surface area contributed by atoms with E-state index in [0.29, 0.717) is 12.4 Å². The molecule has 2 aromatic rings. The molecule has 1 aliphatic carbocycles. The van der Waals surface area contributed by atoms with Crippen molar-refractivity contribution < 1.29 is 14.6 Å². The average molecular weight is 297 g/mol. The lowest BCUT2D eigenvalue weighted by molar-refractivity contribution is 0.0936. The lowest BCUT2D eigenvalue weighted by Crippen LogP contribution is -2.35. The van der Waals surface area contributed by atoms with Gasteiger partial charge in [0.15, 0.2) is 0 Å². The lowest BCUT2D eigenvalue weighted by Gasteiger charge is -2.13. The largest absolute Gasteiger partial charge is 0.507 e. The normalized spacial score (nSPS) is 13.7. The van der Waals surface area contributed by atoms with Crippen LogP contribution in [-0.4, -0.2) is 23.7 Å². The zero-order chi connectivity index (χ0) is 15.5. The van der Waals surface area contributed by atoms with E-state index in [2.05, 4.69) is 17.4 Å². The van der Waals surface area contributed by atoms with Gasteiger partial charge in [0, 0.05) is 12.1 Å². The Hall–Kier alpha value is -2.49. The number of hydrogen-bond donors (Lipinski definition) is 2. The number of carbonyl (C=O) groups excluding carboxylic acids is 1. The fourth-order valence-corrected chi connectivity index (χ4v) is 2.88. The fraction of sp³-hybridized carbons (Fsp3) is 0.278. The Balaban J connectivity index is 1.68. The lowest BCUT2D eigenvalue weighted by atomic mass is 10.1. The van der Waals surface area contributed by atoms with E-state index < -0.39 is 0 Å². The molecule has 4 heteroatoms. The molecule has 3 rings (SSSR count). The van der Waals surface area contributed by atoms with Crippen LogP contribution in [0.1, 0.15) is 28.4 Å². The molecule has 2 aromatic carbocycles. The van der Waals surface area contributed by atoms with Crippen molar-refractivity contribution in [2.75, 3.05) is 6.61 Å². The van der Waals surface area contributed by atoms with Crippen molar-refractivity contribution >= 4 is 5.91 Å². The monoisotopic (exact) mass is 297 g/mol. The second kappa shape index (κ2) is 6.10. The van der Waals surface area contributed by atoms with Gasteiger partial charge in [-0.25, -0.2) is 0 Å². The quantitative estimate of drug-likeness (QED) is 0.912. The summed E-state index contributed by atoms with van der Waals surface area (Å²) in [5.74, 6) is 0.252. The van der Waals surface area contributed by atoms with Gasteiger partial charge in [0.25, 0.3) is 5.91 Å². The first-order valence-electron chi connectivity index (χ1n) is 7.51. The van der Waals surface area contributed by atoms with Crippen molar-refractivity contribution in [3.63, 3.8) is 0 Å². The number of amides is 1. The second-order valence-electron chi connectivity index (χ2n) is 5.46. The van der Waals surface area contributed by atoms with E-state index in [4.69, 9.17) is 4.74 Å². The van der Waals surface area contributed by atoms with Crippen LogP contribution < -0.4 is 10.1 Å². The molecule has 0 aromatic heterocycles. The molecule has 0 bridgehead atoms. The minimum Gasteiger partial charge on any atom is -0.507 e. The van der Waals surface area contributed by atoms with Crippen LogP contribution in [0.25, 0.3) is 0 Å². The number of rotatable bonds is 4. The van der Waals surface area contributed by atoms with E-state index in [1.807, 2.05) is 19.1 Å². The van der Waals surface area contributed by atoms with Gasteiger partial charge in [-0.2, -0.15) is 0 Å². The number of nitrogens with one attached hydrogen (secondary N) is 1. The maximum atomic E-state index is 12.3. The number of carbonyl (C=O) groups is 1. The third kappa shape index (κ3) is 2.91. The molecule has 0 atom stereocenters. The molecule has 4 nitrogen and oxygen atoms in total. The third-order valence-corrected chi connectivity index (χ3v) is 3.91. The maximum Gasteiger partial charge on any atom is 0.255 e. The molecule has 0 saturated heterocycles. The van der Waals surface area contributed by atoms with Crippen LogP contribution in [0.3, 0.4) is 0 Å². The number of phenolic OH excluding ortho intramolecular Hbond substituents is 1. The number of aromatic hydroxyl groups is 1. The number of ether oxygens (including phenoxy) is 1. The summed E-state index contributed by atoms with van der Waals surface area (Å²) in [5, 5.41) is 13.0. The second-order valence-corrected chi connectivity index (χ2v) is 5.46. The minimum atomic E-state index is -0.252. The van der Waals surface area contributed by atoms with E-state index in [0.717, 1.165) is 12.8 Å². The Morgan fingerprint density at radius 3 is 2.50 bits per heavy atom. The van der Waals surface area contributed by atoms with E-state index in [9.17, 15) is 9.90 Å². The molecule has 0 radical (unpaired) electrons. The average Bonchev–Trinajstić information content (AvgIpc) is 2.89. The topological polar surface area (TPSA) is 58.6 Å². The zero-order valence-corrected chi connectivity index (χ0v) is 12.5.